The van der Waals surface area contributed by atoms with Gasteiger partial charge in [-0.15, -0.1) is 0 Å². The number of pyridine rings is 1. The Balaban J connectivity index is 0.00000146. The highest BCUT2D eigenvalue weighted by atomic mass is 35.5. The van der Waals surface area contributed by atoms with Gasteiger partial charge in [0.25, 0.3) is 0 Å². The number of aryl methyl sites for hydroxylation is 2. The van der Waals surface area contributed by atoms with E-state index in [0.29, 0.717) is 6.79 Å². The summed E-state index contributed by atoms with van der Waals surface area (Å²) in [6.07, 6.45) is 3.21. The quantitative estimate of drug-likeness (QED) is 0.588. The minimum Gasteiger partial charge on any atom is -1.00 e. The van der Waals surface area contributed by atoms with Crippen molar-refractivity contribution in [2.75, 3.05) is 13.9 Å². The van der Waals surface area contributed by atoms with Crippen LogP contribution in [-0.2, 0) is 13.0 Å². The van der Waals surface area contributed by atoms with Crippen molar-refractivity contribution in [3.05, 3.63) is 48.2 Å². The molecule has 2 aliphatic rings. The van der Waals surface area contributed by atoms with Crippen LogP contribution in [0.5, 0.6) is 17.2 Å². The van der Waals surface area contributed by atoms with E-state index in [9.17, 15) is 0 Å². The highest BCUT2D eigenvalue weighted by Crippen LogP contribution is 2.40. The molecule has 0 aliphatic carbocycles. The van der Waals surface area contributed by atoms with E-state index in [1.807, 2.05) is 6.07 Å². The van der Waals surface area contributed by atoms with Gasteiger partial charge in [0.2, 0.25) is 12.5 Å². The van der Waals surface area contributed by atoms with Gasteiger partial charge in [-0.2, -0.15) is 4.57 Å². The molecule has 0 saturated carbocycles. The fraction of sp³-hybridized carbons (Fsp3) is 0.211. The lowest BCUT2D eigenvalue weighted by Crippen LogP contribution is -3.00. The van der Waals surface area contributed by atoms with E-state index in [2.05, 4.69) is 41.1 Å². The molecule has 5 rings (SSSR count). The van der Waals surface area contributed by atoms with Crippen LogP contribution < -0.4 is 31.2 Å². The van der Waals surface area contributed by atoms with Crippen LogP contribution in [0.2, 0.25) is 0 Å². The van der Waals surface area contributed by atoms with Crippen molar-refractivity contribution in [3.63, 3.8) is 0 Å². The first-order valence-electron chi connectivity index (χ1n) is 7.76. The molecule has 122 valence electrons. The Morgan fingerprint density at radius 1 is 1.00 bits per heavy atom. The average molecular weight is 342 g/mol. The highest BCUT2D eigenvalue weighted by molar-refractivity contribution is 5.86. The predicted octanol–water partition coefficient (Wildman–Crippen LogP) is 0.0917. The van der Waals surface area contributed by atoms with E-state index in [4.69, 9.17) is 14.2 Å². The number of hydrogen-bond donors (Lipinski definition) is 0. The van der Waals surface area contributed by atoms with Crippen molar-refractivity contribution in [2.45, 2.75) is 13.0 Å². The van der Waals surface area contributed by atoms with Crippen LogP contribution in [0.3, 0.4) is 0 Å². The normalized spacial score (nSPS) is 13.9. The summed E-state index contributed by atoms with van der Waals surface area (Å²) < 4.78 is 18.7. The fourth-order valence-electron chi connectivity index (χ4n) is 3.48. The zero-order valence-electron chi connectivity index (χ0n) is 13.2. The maximum absolute atomic E-state index is 5.55. The number of methoxy groups -OCH3 is 1. The van der Waals surface area contributed by atoms with E-state index in [0.717, 1.165) is 30.2 Å². The van der Waals surface area contributed by atoms with Crippen molar-refractivity contribution >= 4 is 10.8 Å². The molecule has 2 aromatic carbocycles. The second-order valence-electron chi connectivity index (χ2n) is 5.96. The van der Waals surface area contributed by atoms with Crippen LogP contribution in [0, 0.1) is 0 Å². The molecular weight excluding hydrogens is 326 g/mol. The van der Waals surface area contributed by atoms with E-state index < -0.39 is 0 Å². The van der Waals surface area contributed by atoms with Crippen LogP contribution in [0.15, 0.2) is 42.6 Å². The monoisotopic (exact) mass is 341 g/mol. The molecule has 0 fully saturated rings. The van der Waals surface area contributed by atoms with Crippen LogP contribution in [0.25, 0.3) is 22.0 Å². The highest BCUT2D eigenvalue weighted by Gasteiger charge is 2.27. The van der Waals surface area contributed by atoms with E-state index in [-0.39, 0.29) is 12.4 Å². The standard InChI is InChI=1S/C19H16NO3.ClH/c1-21-15-3-2-12-7-17-16-9-19-18(22-11-23-19)8-13(16)4-5-20(17)10-14(12)6-15;/h2-3,6-10H,4-5,11H2,1H3;1H/q+1;/p-1. The molecule has 5 heteroatoms. The molecule has 0 atom stereocenters. The van der Waals surface area contributed by atoms with Gasteiger partial charge < -0.3 is 26.6 Å². The summed E-state index contributed by atoms with van der Waals surface area (Å²) in [6.45, 7) is 1.28. The van der Waals surface area contributed by atoms with Crippen LogP contribution in [0.1, 0.15) is 5.56 Å². The summed E-state index contributed by atoms with van der Waals surface area (Å²) >= 11 is 0. The lowest BCUT2D eigenvalue weighted by molar-refractivity contribution is -0.686. The fourth-order valence-corrected chi connectivity index (χ4v) is 3.48. The third-order valence-corrected chi connectivity index (χ3v) is 4.69. The molecule has 0 amide bonds. The van der Waals surface area contributed by atoms with Gasteiger partial charge >= 0.3 is 0 Å². The summed E-state index contributed by atoms with van der Waals surface area (Å²) in [6, 6.07) is 12.7. The van der Waals surface area contributed by atoms with E-state index in [1.54, 1.807) is 7.11 Å². The smallest absolute Gasteiger partial charge is 0.231 e. The van der Waals surface area contributed by atoms with Crippen molar-refractivity contribution in [1.82, 2.24) is 0 Å². The Morgan fingerprint density at radius 3 is 2.67 bits per heavy atom. The zero-order chi connectivity index (χ0) is 15.4. The van der Waals surface area contributed by atoms with Gasteiger partial charge in [-0.3, -0.25) is 0 Å². The van der Waals surface area contributed by atoms with Gasteiger partial charge in [-0.05, 0) is 35.2 Å². The van der Waals surface area contributed by atoms with E-state index in [1.165, 1.54) is 27.6 Å². The van der Waals surface area contributed by atoms with Crippen molar-refractivity contribution in [2.24, 2.45) is 0 Å². The third kappa shape index (κ3) is 2.18. The molecule has 2 aliphatic heterocycles. The number of ether oxygens (including phenoxy) is 3. The van der Waals surface area contributed by atoms with Crippen molar-refractivity contribution in [1.29, 1.82) is 0 Å². The molecule has 0 unspecified atom stereocenters. The Bertz CT molecular complexity index is 955. The molecular formula is C19H16ClNO3. The van der Waals surface area contributed by atoms with Gasteiger partial charge in [-0.25, -0.2) is 0 Å². The molecule has 3 heterocycles. The topological polar surface area (TPSA) is 31.6 Å². The number of nitrogens with zero attached hydrogens (tertiary/aromatic N) is 1. The van der Waals surface area contributed by atoms with Crippen LogP contribution >= 0.6 is 0 Å². The maximum atomic E-state index is 5.55. The Hall–Kier alpha value is -2.46. The molecule has 1 aromatic heterocycles. The zero-order valence-corrected chi connectivity index (χ0v) is 14.0. The summed E-state index contributed by atoms with van der Waals surface area (Å²) in [5.74, 6) is 2.59. The molecule has 3 aromatic rings. The number of aromatic nitrogens is 1. The first-order chi connectivity index (χ1) is 11.3. The van der Waals surface area contributed by atoms with Crippen molar-refractivity contribution in [3.8, 4) is 28.5 Å². The molecule has 0 saturated heterocycles. The first kappa shape index (κ1) is 15.1. The van der Waals surface area contributed by atoms with Gasteiger partial charge in [0.15, 0.2) is 24.2 Å². The number of hydrogen-bond acceptors (Lipinski definition) is 3. The Kier molecular flexibility index (Phi) is 3.50. The Labute approximate surface area is 146 Å². The molecule has 0 radical (unpaired) electrons. The largest absolute Gasteiger partial charge is 1.00 e. The minimum absolute atomic E-state index is 0. The van der Waals surface area contributed by atoms with Gasteiger partial charge in [0.05, 0.1) is 12.7 Å². The van der Waals surface area contributed by atoms with Gasteiger partial charge in [0.1, 0.15) is 5.75 Å². The molecule has 4 nitrogen and oxygen atoms in total. The predicted molar refractivity (Wildman–Crippen MR) is 86.0 cm³/mol. The summed E-state index contributed by atoms with van der Waals surface area (Å²) in [4.78, 5) is 0. The Morgan fingerprint density at radius 2 is 1.83 bits per heavy atom. The third-order valence-electron chi connectivity index (χ3n) is 4.69. The molecule has 24 heavy (non-hydrogen) atoms. The average Bonchev–Trinajstić information content (AvgIpc) is 3.05. The SMILES string of the molecule is COc1ccc2cc3[n+](cc2c1)CCc1cc2c(cc1-3)OCO2.[Cl-]. The maximum Gasteiger partial charge on any atom is 0.231 e. The second-order valence-corrected chi connectivity index (χ2v) is 5.96. The van der Waals surface area contributed by atoms with Gasteiger partial charge in [0, 0.05) is 17.9 Å². The summed E-state index contributed by atoms with van der Waals surface area (Å²) in [7, 11) is 1.70. The number of benzene rings is 2. The molecule has 0 N–H and O–H groups in total. The minimum atomic E-state index is 0. The first-order valence-corrected chi connectivity index (χ1v) is 7.76. The molecule has 0 spiro atoms. The number of fused-ring (bicyclic) bond motifs is 5. The van der Waals surface area contributed by atoms with Crippen molar-refractivity contribution < 1.29 is 31.2 Å². The van der Waals surface area contributed by atoms with Gasteiger partial charge in [-0.1, -0.05) is 6.07 Å². The second kappa shape index (κ2) is 5.56. The summed E-state index contributed by atoms with van der Waals surface area (Å²) in [5.41, 5.74) is 3.78. The van der Waals surface area contributed by atoms with Crippen LogP contribution in [0.4, 0.5) is 0 Å². The number of rotatable bonds is 1. The van der Waals surface area contributed by atoms with E-state index >= 15 is 0 Å². The molecule has 0 bridgehead atoms. The number of halogens is 1. The summed E-state index contributed by atoms with van der Waals surface area (Å²) in [5, 5.41) is 2.40. The lowest BCUT2D eigenvalue weighted by atomic mass is 9.95. The lowest BCUT2D eigenvalue weighted by Gasteiger charge is -2.16. The van der Waals surface area contributed by atoms with Crippen LogP contribution in [-0.4, -0.2) is 13.9 Å².